The molecule has 0 saturated carbocycles. The summed E-state index contributed by atoms with van der Waals surface area (Å²) in [6.07, 6.45) is 0. The zero-order valence-electron chi connectivity index (χ0n) is 8.46. The summed E-state index contributed by atoms with van der Waals surface area (Å²) in [5.41, 5.74) is 0. The molecule has 1 nitrogen and oxygen atoms in total. The summed E-state index contributed by atoms with van der Waals surface area (Å²) >= 11 is 11.0. The second kappa shape index (κ2) is 6.11. The lowest BCUT2D eigenvalue weighted by molar-refractivity contribution is 0.292. The van der Waals surface area contributed by atoms with Gasteiger partial charge in [0.05, 0.1) is 0 Å². The second-order valence-corrected chi connectivity index (χ2v) is 5.91. The third-order valence-corrected chi connectivity index (χ3v) is 4.14. The lowest BCUT2D eigenvalue weighted by atomic mass is 10.2. The lowest BCUT2D eigenvalue weighted by Gasteiger charge is -2.18. The number of nitrogens with zero attached hydrogens (tertiary/aromatic N) is 1. The van der Waals surface area contributed by atoms with E-state index in [4.69, 9.17) is 11.6 Å². The van der Waals surface area contributed by atoms with Crippen molar-refractivity contribution in [3.8, 4) is 0 Å². The molecule has 0 aliphatic rings. The highest BCUT2D eigenvalue weighted by molar-refractivity contribution is 9.10. The van der Waals surface area contributed by atoms with Crippen LogP contribution in [-0.2, 0) is 6.54 Å². The molecule has 0 aliphatic carbocycles. The quantitative estimate of drug-likeness (QED) is 0.747. The zero-order chi connectivity index (χ0) is 10.6. The van der Waals surface area contributed by atoms with Crippen molar-refractivity contribution in [3.63, 3.8) is 0 Å². The van der Waals surface area contributed by atoms with Crippen molar-refractivity contribution >= 4 is 38.9 Å². The van der Waals surface area contributed by atoms with Crippen LogP contribution in [0.25, 0.3) is 0 Å². The molecule has 0 N–H and O–H groups in total. The van der Waals surface area contributed by atoms with Gasteiger partial charge < -0.3 is 4.90 Å². The van der Waals surface area contributed by atoms with Gasteiger partial charge in [-0.15, -0.1) is 22.9 Å². The fourth-order valence-electron chi connectivity index (χ4n) is 1.35. The van der Waals surface area contributed by atoms with Crippen molar-refractivity contribution < 1.29 is 0 Å². The van der Waals surface area contributed by atoms with Crippen LogP contribution in [0.15, 0.2) is 15.9 Å². The van der Waals surface area contributed by atoms with E-state index >= 15 is 0 Å². The first-order chi connectivity index (χ1) is 6.61. The molecule has 0 radical (unpaired) electrons. The Morgan fingerprint density at radius 3 is 2.86 bits per heavy atom. The summed E-state index contributed by atoms with van der Waals surface area (Å²) in [6.45, 7) is 4.24. The van der Waals surface area contributed by atoms with Crippen molar-refractivity contribution in [2.45, 2.75) is 13.5 Å². The number of hydrogen-bond donors (Lipinski definition) is 0. The van der Waals surface area contributed by atoms with E-state index in [9.17, 15) is 0 Å². The van der Waals surface area contributed by atoms with E-state index in [1.54, 1.807) is 11.3 Å². The summed E-state index contributed by atoms with van der Waals surface area (Å²) in [6, 6.07) is 2.17. The van der Waals surface area contributed by atoms with E-state index in [-0.39, 0.29) is 0 Å². The second-order valence-electron chi connectivity index (χ2n) is 3.69. The number of hydrogen-bond acceptors (Lipinski definition) is 2. The highest BCUT2D eigenvalue weighted by Crippen LogP contribution is 2.21. The van der Waals surface area contributed by atoms with Crippen LogP contribution < -0.4 is 0 Å². The Bertz CT molecular complexity index is 277. The highest BCUT2D eigenvalue weighted by atomic mass is 79.9. The predicted molar refractivity (Wildman–Crippen MR) is 68.2 cm³/mol. The van der Waals surface area contributed by atoms with Gasteiger partial charge in [0.15, 0.2) is 0 Å². The third-order valence-electron chi connectivity index (χ3n) is 1.93. The van der Waals surface area contributed by atoms with Crippen LogP contribution in [0.4, 0.5) is 0 Å². The van der Waals surface area contributed by atoms with Crippen molar-refractivity contribution in [3.05, 3.63) is 20.8 Å². The van der Waals surface area contributed by atoms with Gasteiger partial charge in [-0.2, -0.15) is 0 Å². The van der Waals surface area contributed by atoms with Crippen LogP contribution in [0.3, 0.4) is 0 Å². The van der Waals surface area contributed by atoms with Crippen LogP contribution in [0.1, 0.15) is 11.8 Å². The Morgan fingerprint density at radius 2 is 2.36 bits per heavy atom. The molecule has 0 aromatic carbocycles. The molecule has 14 heavy (non-hydrogen) atoms. The average Bonchev–Trinajstić information content (AvgIpc) is 2.50. The van der Waals surface area contributed by atoms with Gasteiger partial charge in [0.1, 0.15) is 0 Å². The van der Waals surface area contributed by atoms with Crippen LogP contribution in [0, 0.1) is 5.92 Å². The Kier molecular flexibility index (Phi) is 5.45. The highest BCUT2D eigenvalue weighted by Gasteiger charge is 2.06. The SMILES string of the molecule is CC(CCl)CN(C)Cc1cc(Br)cs1. The average molecular weight is 297 g/mol. The van der Waals surface area contributed by atoms with Crippen molar-refractivity contribution in [1.29, 1.82) is 0 Å². The predicted octanol–water partition coefficient (Wildman–Crippen LogP) is 3.82. The smallest absolute Gasteiger partial charge is 0.0325 e. The molecule has 1 heterocycles. The van der Waals surface area contributed by atoms with Gasteiger partial charge in [-0.25, -0.2) is 0 Å². The molecule has 1 aromatic heterocycles. The first-order valence-electron chi connectivity index (χ1n) is 4.59. The van der Waals surface area contributed by atoms with Gasteiger partial charge in [-0.1, -0.05) is 6.92 Å². The largest absolute Gasteiger partial charge is 0.301 e. The van der Waals surface area contributed by atoms with E-state index in [0.717, 1.165) is 19.0 Å². The van der Waals surface area contributed by atoms with E-state index in [0.29, 0.717) is 5.92 Å². The van der Waals surface area contributed by atoms with Gasteiger partial charge in [0, 0.05) is 33.7 Å². The van der Waals surface area contributed by atoms with Crippen LogP contribution in [-0.4, -0.2) is 24.4 Å². The fraction of sp³-hybridized carbons (Fsp3) is 0.600. The molecule has 0 saturated heterocycles. The standard InChI is InChI=1S/C10H15BrClNS/c1-8(4-12)5-13(2)6-10-3-9(11)7-14-10/h3,7-8H,4-6H2,1-2H3. The maximum atomic E-state index is 5.77. The normalized spacial score (nSPS) is 13.5. The zero-order valence-corrected chi connectivity index (χ0v) is 11.6. The molecular weight excluding hydrogens is 282 g/mol. The van der Waals surface area contributed by atoms with E-state index in [1.165, 1.54) is 9.35 Å². The molecule has 1 rings (SSSR count). The van der Waals surface area contributed by atoms with Crippen LogP contribution >= 0.6 is 38.9 Å². The Balaban J connectivity index is 2.37. The van der Waals surface area contributed by atoms with Crippen molar-refractivity contribution in [1.82, 2.24) is 4.90 Å². The summed E-state index contributed by atoms with van der Waals surface area (Å²) in [7, 11) is 2.14. The maximum Gasteiger partial charge on any atom is 0.0325 e. The van der Waals surface area contributed by atoms with Crippen molar-refractivity contribution in [2.75, 3.05) is 19.5 Å². The molecule has 80 valence electrons. The molecule has 1 atom stereocenters. The van der Waals surface area contributed by atoms with Gasteiger partial charge in [0.2, 0.25) is 0 Å². The van der Waals surface area contributed by atoms with E-state index in [1.807, 2.05) is 0 Å². The lowest BCUT2D eigenvalue weighted by Crippen LogP contribution is -2.24. The van der Waals surface area contributed by atoms with Gasteiger partial charge in [-0.05, 0) is 35.0 Å². The van der Waals surface area contributed by atoms with Gasteiger partial charge >= 0.3 is 0 Å². The molecule has 0 spiro atoms. The summed E-state index contributed by atoms with van der Waals surface area (Å²) in [4.78, 5) is 3.70. The molecule has 0 amide bonds. The Labute approximate surface area is 103 Å². The number of rotatable bonds is 5. The van der Waals surface area contributed by atoms with Crippen LogP contribution in [0.5, 0.6) is 0 Å². The Morgan fingerprint density at radius 1 is 1.64 bits per heavy atom. The molecule has 1 unspecified atom stereocenters. The van der Waals surface area contributed by atoms with Gasteiger partial charge in [0.25, 0.3) is 0 Å². The number of alkyl halides is 1. The molecule has 0 bridgehead atoms. The molecule has 1 aromatic rings. The Hall–Kier alpha value is 0.430. The van der Waals surface area contributed by atoms with E-state index in [2.05, 4.69) is 46.2 Å². The first-order valence-corrected chi connectivity index (χ1v) is 6.80. The third kappa shape index (κ3) is 4.30. The summed E-state index contributed by atoms with van der Waals surface area (Å²) < 4.78 is 1.18. The molecule has 0 fully saturated rings. The van der Waals surface area contributed by atoms with E-state index < -0.39 is 0 Å². The molecule has 4 heteroatoms. The van der Waals surface area contributed by atoms with Crippen molar-refractivity contribution in [2.24, 2.45) is 5.92 Å². The molecular formula is C10H15BrClNS. The minimum atomic E-state index is 0.560. The number of thiophene rings is 1. The maximum absolute atomic E-state index is 5.77. The monoisotopic (exact) mass is 295 g/mol. The summed E-state index contributed by atoms with van der Waals surface area (Å²) in [5, 5.41) is 2.12. The number of halogens is 2. The van der Waals surface area contributed by atoms with Gasteiger partial charge in [-0.3, -0.25) is 0 Å². The van der Waals surface area contributed by atoms with Crippen LogP contribution in [0.2, 0.25) is 0 Å². The minimum Gasteiger partial charge on any atom is -0.301 e. The molecule has 0 aliphatic heterocycles. The first kappa shape index (κ1) is 12.5. The minimum absolute atomic E-state index is 0.560. The topological polar surface area (TPSA) is 3.24 Å². The fourth-order valence-corrected chi connectivity index (χ4v) is 2.98. The summed E-state index contributed by atoms with van der Waals surface area (Å²) in [5.74, 6) is 1.29.